The van der Waals surface area contributed by atoms with Gasteiger partial charge in [0.25, 0.3) is 5.91 Å². The first kappa shape index (κ1) is 14.6. The summed E-state index contributed by atoms with van der Waals surface area (Å²) in [4.78, 5) is 22.9. The zero-order valence-corrected chi connectivity index (χ0v) is 11.9. The minimum Gasteiger partial charge on any atom is -0.351 e. The van der Waals surface area contributed by atoms with Crippen molar-refractivity contribution in [2.24, 2.45) is 5.73 Å². The first-order valence-electron chi connectivity index (χ1n) is 6.51. The van der Waals surface area contributed by atoms with Crippen LogP contribution in [0.4, 0.5) is 16.2 Å². The van der Waals surface area contributed by atoms with Crippen LogP contribution in [0, 0.1) is 13.8 Å². The summed E-state index contributed by atoms with van der Waals surface area (Å²) in [6.45, 7) is 3.96. The smallest absolute Gasteiger partial charge is 0.316 e. The predicted molar refractivity (Wildman–Crippen MR) is 83.5 cm³/mol. The summed E-state index contributed by atoms with van der Waals surface area (Å²) in [5.74, 6) is -0.200. The van der Waals surface area contributed by atoms with Crippen LogP contribution in [0.1, 0.15) is 21.5 Å². The Morgan fingerprint density at radius 2 is 1.62 bits per heavy atom. The van der Waals surface area contributed by atoms with Crippen LogP contribution in [0.15, 0.2) is 42.5 Å². The molecule has 0 aliphatic heterocycles. The van der Waals surface area contributed by atoms with Gasteiger partial charge in [-0.2, -0.15) is 0 Å². The van der Waals surface area contributed by atoms with Crippen molar-refractivity contribution in [3.63, 3.8) is 0 Å². The van der Waals surface area contributed by atoms with E-state index in [1.165, 1.54) is 0 Å². The normalized spacial score (nSPS) is 10.0. The lowest BCUT2D eigenvalue weighted by atomic mass is 10.1. The molecule has 0 aliphatic carbocycles. The summed E-state index contributed by atoms with van der Waals surface area (Å²) >= 11 is 0. The van der Waals surface area contributed by atoms with E-state index >= 15 is 0 Å². The summed E-state index contributed by atoms with van der Waals surface area (Å²) in [6.07, 6.45) is 0. The highest BCUT2D eigenvalue weighted by molar-refractivity contribution is 6.05. The van der Waals surface area contributed by atoms with Gasteiger partial charge in [0.15, 0.2) is 0 Å². The molecule has 0 aliphatic rings. The van der Waals surface area contributed by atoms with E-state index in [9.17, 15) is 9.59 Å². The SMILES string of the molecule is Cc1cccc(NC(=O)c2ccc(NC(N)=O)cc2)c1C. The van der Waals surface area contributed by atoms with Crippen molar-refractivity contribution in [1.82, 2.24) is 0 Å². The number of benzene rings is 2. The van der Waals surface area contributed by atoms with Crippen LogP contribution in [0.5, 0.6) is 0 Å². The molecule has 0 fully saturated rings. The maximum absolute atomic E-state index is 12.2. The molecule has 2 rings (SSSR count). The van der Waals surface area contributed by atoms with Gasteiger partial charge in [0, 0.05) is 16.9 Å². The molecular weight excluding hydrogens is 266 g/mol. The van der Waals surface area contributed by atoms with Crippen molar-refractivity contribution in [3.8, 4) is 0 Å². The lowest BCUT2D eigenvalue weighted by Crippen LogP contribution is -2.19. The number of nitrogens with one attached hydrogen (secondary N) is 2. The van der Waals surface area contributed by atoms with Gasteiger partial charge in [-0.05, 0) is 55.3 Å². The van der Waals surface area contributed by atoms with E-state index < -0.39 is 6.03 Å². The highest BCUT2D eigenvalue weighted by Crippen LogP contribution is 2.19. The van der Waals surface area contributed by atoms with Crippen molar-refractivity contribution in [1.29, 1.82) is 0 Å². The Hall–Kier alpha value is -2.82. The molecule has 0 aromatic heterocycles. The zero-order chi connectivity index (χ0) is 15.4. The number of primary amides is 1. The van der Waals surface area contributed by atoms with Crippen molar-refractivity contribution >= 4 is 23.3 Å². The molecule has 2 aromatic rings. The van der Waals surface area contributed by atoms with Crippen LogP contribution in [-0.4, -0.2) is 11.9 Å². The fourth-order valence-corrected chi connectivity index (χ4v) is 1.93. The van der Waals surface area contributed by atoms with Gasteiger partial charge in [-0.25, -0.2) is 4.79 Å². The van der Waals surface area contributed by atoms with Crippen molar-refractivity contribution < 1.29 is 9.59 Å². The molecule has 0 radical (unpaired) electrons. The average Bonchev–Trinajstić information content (AvgIpc) is 2.44. The van der Waals surface area contributed by atoms with Gasteiger partial charge in [-0.1, -0.05) is 12.1 Å². The Balaban J connectivity index is 2.13. The molecule has 0 heterocycles. The molecule has 4 N–H and O–H groups in total. The third-order valence-corrected chi connectivity index (χ3v) is 3.27. The summed E-state index contributed by atoms with van der Waals surface area (Å²) < 4.78 is 0. The van der Waals surface area contributed by atoms with Crippen LogP contribution < -0.4 is 16.4 Å². The lowest BCUT2D eigenvalue weighted by molar-refractivity contribution is 0.102. The van der Waals surface area contributed by atoms with Gasteiger partial charge in [-0.3, -0.25) is 4.79 Å². The average molecular weight is 283 g/mol. The third kappa shape index (κ3) is 3.60. The minimum atomic E-state index is -0.636. The lowest BCUT2D eigenvalue weighted by Gasteiger charge is -2.10. The van der Waals surface area contributed by atoms with Gasteiger partial charge < -0.3 is 16.4 Å². The van der Waals surface area contributed by atoms with Gasteiger partial charge in [0.1, 0.15) is 0 Å². The van der Waals surface area contributed by atoms with E-state index in [4.69, 9.17) is 5.73 Å². The molecule has 21 heavy (non-hydrogen) atoms. The second kappa shape index (κ2) is 6.09. The molecule has 2 aromatic carbocycles. The Labute approximate surface area is 123 Å². The first-order valence-corrected chi connectivity index (χ1v) is 6.51. The molecule has 0 unspecified atom stereocenters. The Bertz CT molecular complexity index is 678. The van der Waals surface area contributed by atoms with Crippen LogP contribution >= 0.6 is 0 Å². The summed E-state index contributed by atoms with van der Waals surface area (Å²) in [5, 5.41) is 5.32. The van der Waals surface area contributed by atoms with Crippen molar-refractivity contribution in [2.45, 2.75) is 13.8 Å². The van der Waals surface area contributed by atoms with Crippen LogP contribution in [0.25, 0.3) is 0 Å². The van der Waals surface area contributed by atoms with E-state index in [0.29, 0.717) is 11.3 Å². The molecule has 0 spiro atoms. The number of carbonyl (C=O) groups is 2. The maximum atomic E-state index is 12.2. The van der Waals surface area contributed by atoms with E-state index in [1.54, 1.807) is 24.3 Å². The number of hydrogen-bond acceptors (Lipinski definition) is 2. The molecule has 5 nitrogen and oxygen atoms in total. The van der Waals surface area contributed by atoms with Crippen LogP contribution in [-0.2, 0) is 0 Å². The summed E-state index contributed by atoms with van der Waals surface area (Å²) in [5.41, 5.74) is 9.03. The highest BCUT2D eigenvalue weighted by Gasteiger charge is 2.08. The number of carbonyl (C=O) groups excluding carboxylic acids is 2. The first-order chi connectivity index (χ1) is 9.97. The van der Waals surface area contributed by atoms with Gasteiger partial charge >= 0.3 is 6.03 Å². The molecular formula is C16H17N3O2. The molecule has 3 amide bonds. The summed E-state index contributed by atoms with van der Waals surface area (Å²) in [7, 11) is 0. The van der Waals surface area contributed by atoms with Crippen molar-refractivity contribution in [3.05, 3.63) is 59.2 Å². The number of nitrogens with two attached hydrogens (primary N) is 1. The second-order valence-corrected chi connectivity index (χ2v) is 4.77. The molecule has 5 heteroatoms. The van der Waals surface area contributed by atoms with Gasteiger partial charge in [0.05, 0.1) is 0 Å². The highest BCUT2D eigenvalue weighted by atomic mass is 16.2. The Kier molecular flexibility index (Phi) is 4.23. The number of urea groups is 1. The quantitative estimate of drug-likeness (QED) is 0.808. The fourth-order valence-electron chi connectivity index (χ4n) is 1.93. The van der Waals surface area contributed by atoms with Crippen LogP contribution in [0.2, 0.25) is 0 Å². The van der Waals surface area contributed by atoms with E-state index in [1.807, 2.05) is 32.0 Å². The van der Waals surface area contributed by atoms with E-state index in [0.717, 1.165) is 16.8 Å². The van der Waals surface area contributed by atoms with E-state index in [-0.39, 0.29) is 5.91 Å². The largest absolute Gasteiger partial charge is 0.351 e. The van der Waals surface area contributed by atoms with E-state index in [2.05, 4.69) is 10.6 Å². The third-order valence-electron chi connectivity index (χ3n) is 3.27. The summed E-state index contributed by atoms with van der Waals surface area (Å²) in [6, 6.07) is 11.6. The number of amides is 3. The predicted octanol–water partition coefficient (Wildman–Crippen LogP) is 3.05. The Morgan fingerprint density at radius 1 is 0.952 bits per heavy atom. The standard InChI is InChI=1S/C16H17N3O2/c1-10-4-3-5-14(11(10)2)19-15(20)12-6-8-13(9-7-12)18-16(17)21/h3-9H,1-2H3,(H,19,20)(H3,17,18,21). The second-order valence-electron chi connectivity index (χ2n) is 4.77. The Morgan fingerprint density at radius 3 is 2.24 bits per heavy atom. The molecule has 0 saturated heterocycles. The maximum Gasteiger partial charge on any atom is 0.316 e. The topological polar surface area (TPSA) is 84.2 Å². The molecule has 0 bridgehead atoms. The molecule has 0 saturated carbocycles. The molecule has 108 valence electrons. The van der Waals surface area contributed by atoms with Crippen molar-refractivity contribution in [2.75, 3.05) is 10.6 Å². The minimum absolute atomic E-state index is 0.200. The van der Waals surface area contributed by atoms with Gasteiger partial charge in [0.2, 0.25) is 0 Å². The van der Waals surface area contributed by atoms with Crippen LogP contribution in [0.3, 0.4) is 0 Å². The number of rotatable bonds is 3. The number of hydrogen-bond donors (Lipinski definition) is 3. The zero-order valence-electron chi connectivity index (χ0n) is 11.9. The monoisotopic (exact) mass is 283 g/mol. The van der Waals surface area contributed by atoms with Gasteiger partial charge in [-0.15, -0.1) is 0 Å². The fraction of sp³-hybridized carbons (Fsp3) is 0.125. The molecule has 0 atom stereocenters. The number of anilines is 2. The number of aryl methyl sites for hydroxylation is 1.